The largest absolute Gasteiger partial charge is 0.343 e. The van der Waals surface area contributed by atoms with Gasteiger partial charge in [0.05, 0.1) is 18.5 Å². The average Bonchev–Trinajstić information content (AvgIpc) is 3.57. The van der Waals surface area contributed by atoms with E-state index < -0.39 is 0 Å². The standard InChI is InChI=1S/C41H83N3/c1-5-7-9-11-13-15-17-19-21-22-24-26-28-30-32-34-36-41(4,44-38-37-42-39-44)43-40(3)35-33-31-29-27-25-23-20-18-16-14-12-10-8-6-2/h39-40,43H,5-38H2,1-4H3. The third-order valence-electron chi connectivity index (χ3n) is 10.4. The minimum atomic E-state index is 0.0609. The molecule has 0 fully saturated rings. The Bertz CT molecular complexity index is 605. The molecule has 2 unspecified atom stereocenters. The van der Waals surface area contributed by atoms with Crippen LogP contribution in [0.3, 0.4) is 0 Å². The maximum Gasteiger partial charge on any atom is 0.0890 e. The van der Waals surface area contributed by atoms with Crippen LogP contribution in [-0.4, -0.2) is 36.0 Å². The molecule has 2 atom stereocenters. The van der Waals surface area contributed by atoms with Crippen molar-refractivity contribution >= 4 is 6.34 Å². The van der Waals surface area contributed by atoms with E-state index in [0.29, 0.717) is 6.04 Å². The molecule has 262 valence electrons. The Hall–Kier alpha value is -0.570. The molecule has 1 N–H and O–H groups in total. The first-order chi connectivity index (χ1) is 21.6. The highest BCUT2D eigenvalue weighted by atomic mass is 15.4. The van der Waals surface area contributed by atoms with Gasteiger partial charge in [-0.3, -0.25) is 10.3 Å². The molecule has 0 saturated heterocycles. The lowest BCUT2D eigenvalue weighted by molar-refractivity contribution is 0.128. The fraction of sp³-hybridized carbons (Fsp3) is 0.976. The van der Waals surface area contributed by atoms with Crippen LogP contribution in [0.1, 0.15) is 233 Å². The van der Waals surface area contributed by atoms with Crippen LogP contribution in [0.5, 0.6) is 0 Å². The van der Waals surface area contributed by atoms with Crippen LogP contribution in [0.4, 0.5) is 0 Å². The van der Waals surface area contributed by atoms with Gasteiger partial charge in [-0.15, -0.1) is 0 Å². The number of nitrogens with zero attached hydrogens (tertiary/aromatic N) is 2. The summed E-state index contributed by atoms with van der Waals surface area (Å²) in [4.78, 5) is 7.07. The van der Waals surface area contributed by atoms with Crippen molar-refractivity contribution in [1.29, 1.82) is 0 Å². The first-order valence-electron chi connectivity index (χ1n) is 20.7. The molecule has 1 aliphatic rings. The second-order valence-electron chi connectivity index (χ2n) is 15.0. The number of unbranched alkanes of at least 4 members (excludes halogenated alkanes) is 28. The SMILES string of the molecule is CCCCCCCCCCCCCCCCCCC(C)(NC(C)CCCCCCCCCCCCCCCC)N1C=NCC1. The maximum absolute atomic E-state index is 4.57. The van der Waals surface area contributed by atoms with Gasteiger partial charge in [-0.25, -0.2) is 0 Å². The van der Waals surface area contributed by atoms with Gasteiger partial charge >= 0.3 is 0 Å². The van der Waals surface area contributed by atoms with Crippen LogP contribution in [0.25, 0.3) is 0 Å². The van der Waals surface area contributed by atoms with Gasteiger partial charge < -0.3 is 4.90 Å². The molecule has 1 aliphatic heterocycles. The summed E-state index contributed by atoms with van der Waals surface area (Å²) in [6.07, 6.45) is 47.8. The quantitative estimate of drug-likeness (QED) is 0.0716. The highest BCUT2D eigenvalue weighted by molar-refractivity contribution is 5.58. The third-order valence-corrected chi connectivity index (χ3v) is 10.4. The van der Waals surface area contributed by atoms with Crippen molar-refractivity contribution in [3.05, 3.63) is 0 Å². The van der Waals surface area contributed by atoms with Crippen molar-refractivity contribution in [3.8, 4) is 0 Å². The van der Waals surface area contributed by atoms with Crippen molar-refractivity contribution in [3.63, 3.8) is 0 Å². The molecule has 0 radical (unpaired) electrons. The normalized spacial score (nSPS) is 15.3. The highest BCUT2D eigenvalue weighted by Gasteiger charge is 2.32. The van der Waals surface area contributed by atoms with E-state index in [1.165, 1.54) is 205 Å². The Kier molecular flexibility index (Phi) is 29.3. The van der Waals surface area contributed by atoms with E-state index in [1.807, 2.05) is 0 Å². The van der Waals surface area contributed by atoms with Crippen molar-refractivity contribution in [2.75, 3.05) is 13.1 Å². The van der Waals surface area contributed by atoms with Crippen molar-refractivity contribution in [1.82, 2.24) is 10.2 Å². The zero-order valence-corrected chi connectivity index (χ0v) is 31.1. The lowest BCUT2D eigenvalue weighted by Gasteiger charge is -2.41. The van der Waals surface area contributed by atoms with E-state index in [4.69, 9.17) is 0 Å². The Balaban J connectivity index is 2.03. The third kappa shape index (κ3) is 24.6. The first-order valence-corrected chi connectivity index (χ1v) is 20.7. The minimum Gasteiger partial charge on any atom is -0.343 e. The van der Waals surface area contributed by atoms with Gasteiger partial charge in [0.25, 0.3) is 0 Å². The Morgan fingerprint density at radius 1 is 0.545 bits per heavy atom. The number of hydrogen-bond donors (Lipinski definition) is 1. The average molecular weight is 618 g/mol. The summed E-state index contributed by atoms with van der Waals surface area (Å²) < 4.78 is 0. The van der Waals surface area contributed by atoms with Crippen LogP contribution in [0.2, 0.25) is 0 Å². The predicted octanol–water partition coefficient (Wildman–Crippen LogP) is 13.5. The molecule has 1 rings (SSSR count). The number of rotatable bonds is 35. The summed E-state index contributed by atoms with van der Waals surface area (Å²) in [5.74, 6) is 0. The van der Waals surface area contributed by atoms with Crippen molar-refractivity contribution in [2.24, 2.45) is 4.99 Å². The number of aliphatic imine (C=N–C) groups is 1. The van der Waals surface area contributed by atoms with E-state index >= 15 is 0 Å². The molecular formula is C41H83N3. The molecule has 0 aliphatic carbocycles. The summed E-state index contributed by atoms with van der Waals surface area (Å²) in [5.41, 5.74) is 0.0609. The topological polar surface area (TPSA) is 27.6 Å². The molecule has 1 heterocycles. The molecule has 0 amide bonds. The van der Waals surface area contributed by atoms with Gasteiger partial charge in [0.15, 0.2) is 0 Å². The van der Waals surface area contributed by atoms with Gasteiger partial charge in [0.2, 0.25) is 0 Å². The second kappa shape index (κ2) is 31.1. The van der Waals surface area contributed by atoms with E-state index in [9.17, 15) is 0 Å². The van der Waals surface area contributed by atoms with E-state index in [0.717, 1.165) is 13.1 Å². The molecular weight excluding hydrogens is 534 g/mol. The summed E-state index contributed by atoms with van der Waals surface area (Å²) in [7, 11) is 0. The van der Waals surface area contributed by atoms with E-state index in [-0.39, 0.29) is 5.66 Å². The molecule has 0 aromatic heterocycles. The second-order valence-corrected chi connectivity index (χ2v) is 15.0. The lowest BCUT2D eigenvalue weighted by Crippen LogP contribution is -2.58. The monoisotopic (exact) mass is 618 g/mol. The van der Waals surface area contributed by atoms with Crippen molar-refractivity contribution in [2.45, 2.75) is 245 Å². The van der Waals surface area contributed by atoms with Gasteiger partial charge in [-0.1, -0.05) is 200 Å². The molecule has 0 aromatic carbocycles. The Morgan fingerprint density at radius 2 is 0.886 bits per heavy atom. The summed E-state index contributed by atoms with van der Waals surface area (Å²) in [5, 5.41) is 4.07. The smallest absolute Gasteiger partial charge is 0.0890 e. The predicted molar refractivity (Wildman–Crippen MR) is 200 cm³/mol. The maximum atomic E-state index is 4.57. The molecule has 3 heteroatoms. The van der Waals surface area contributed by atoms with Gasteiger partial charge in [0, 0.05) is 12.6 Å². The number of hydrogen-bond acceptors (Lipinski definition) is 3. The molecule has 0 bridgehead atoms. The zero-order chi connectivity index (χ0) is 31.8. The molecule has 0 saturated carbocycles. The van der Waals surface area contributed by atoms with Crippen LogP contribution in [0.15, 0.2) is 4.99 Å². The first kappa shape index (κ1) is 41.5. The minimum absolute atomic E-state index is 0.0609. The molecule has 0 spiro atoms. The van der Waals surface area contributed by atoms with Gasteiger partial charge in [-0.2, -0.15) is 0 Å². The van der Waals surface area contributed by atoms with Crippen molar-refractivity contribution < 1.29 is 0 Å². The molecule has 0 aromatic rings. The highest BCUT2D eigenvalue weighted by Crippen LogP contribution is 2.24. The lowest BCUT2D eigenvalue weighted by atomic mass is 9.97. The van der Waals surface area contributed by atoms with Gasteiger partial charge in [-0.05, 0) is 33.1 Å². The summed E-state index contributed by atoms with van der Waals surface area (Å²) in [6.45, 7) is 11.5. The van der Waals surface area contributed by atoms with E-state index in [2.05, 4.69) is 49.2 Å². The van der Waals surface area contributed by atoms with Crippen LogP contribution in [-0.2, 0) is 0 Å². The Labute approximate surface area is 279 Å². The molecule has 3 nitrogen and oxygen atoms in total. The number of nitrogens with one attached hydrogen (secondary N) is 1. The van der Waals surface area contributed by atoms with Gasteiger partial charge in [0.1, 0.15) is 0 Å². The summed E-state index contributed by atoms with van der Waals surface area (Å²) >= 11 is 0. The molecule has 44 heavy (non-hydrogen) atoms. The van der Waals surface area contributed by atoms with E-state index in [1.54, 1.807) is 0 Å². The Morgan fingerprint density at radius 3 is 1.23 bits per heavy atom. The van der Waals surface area contributed by atoms with Crippen LogP contribution < -0.4 is 5.32 Å². The fourth-order valence-corrected chi connectivity index (χ4v) is 7.32. The zero-order valence-electron chi connectivity index (χ0n) is 31.1. The van der Waals surface area contributed by atoms with Crippen LogP contribution >= 0.6 is 0 Å². The summed E-state index contributed by atoms with van der Waals surface area (Å²) in [6, 6.07) is 0.576. The van der Waals surface area contributed by atoms with Crippen LogP contribution in [0, 0.1) is 0 Å². The fourth-order valence-electron chi connectivity index (χ4n) is 7.32.